The fourth-order valence-corrected chi connectivity index (χ4v) is 5.92. The number of hydrogen-bond donors (Lipinski definition) is 3. The summed E-state index contributed by atoms with van der Waals surface area (Å²) >= 11 is 0. The van der Waals surface area contributed by atoms with Crippen LogP contribution in [0.25, 0.3) is 17.2 Å². The third-order valence-corrected chi connectivity index (χ3v) is 7.99. The van der Waals surface area contributed by atoms with Crippen molar-refractivity contribution in [3.05, 3.63) is 108 Å². The summed E-state index contributed by atoms with van der Waals surface area (Å²) in [5.41, 5.74) is 4.91. The van der Waals surface area contributed by atoms with Crippen LogP contribution in [0.5, 0.6) is 0 Å². The van der Waals surface area contributed by atoms with Gasteiger partial charge >= 0.3 is 0 Å². The molecule has 0 radical (unpaired) electrons. The van der Waals surface area contributed by atoms with Crippen LogP contribution in [-0.2, 0) is 23.4 Å². The van der Waals surface area contributed by atoms with Gasteiger partial charge in [-0.15, -0.1) is 0 Å². The number of nitrogens with one attached hydrogen (secondary N) is 2. The van der Waals surface area contributed by atoms with Gasteiger partial charge in [-0.2, -0.15) is 0 Å². The zero-order valence-corrected chi connectivity index (χ0v) is 24.4. The quantitative estimate of drug-likeness (QED) is 0.0930. The normalized spacial score (nSPS) is 14.7. The maximum Gasteiger partial charge on any atom is 0.267 e. The predicted octanol–water partition coefficient (Wildman–Crippen LogP) is 7.08. The average molecular weight is 584 g/mol. The second kappa shape index (κ2) is 14.2. The second-order valence-electron chi connectivity index (χ2n) is 11.0. The van der Waals surface area contributed by atoms with Gasteiger partial charge in [-0.25, -0.2) is 19.8 Å². The highest BCUT2D eigenvalue weighted by Gasteiger charge is 2.37. The smallest absolute Gasteiger partial charge is 0.267 e. The number of anilines is 1. The predicted molar refractivity (Wildman–Crippen MR) is 164 cm³/mol. The van der Waals surface area contributed by atoms with Crippen LogP contribution in [0.2, 0.25) is 0 Å². The molecule has 4 aromatic rings. The molecule has 1 amide bonds. The van der Waals surface area contributed by atoms with E-state index in [1.807, 2.05) is 36.4 Å². The summed E-state index contributed by atoms with van der Waals surface area (Å²) in [6.45, 7) is 4.33. The van der Waals surface area contributed by atoms with Crippen molar-refractivity contribution >= 4 is 17.9 Å². The van der Waals surface area contributed by atoms with Crippen LogP contribution in [0.1, 0.15) is 67.9 Å². The summed E-state index contributed by atoms with van der Waals surface area (Å²) in [5.74, 6) is 0.0261. The van der Waals surface area contributed by atoms with Crippen LogP contribution in [0.4, 0.5) is 10.3 Å². The zero-order chi connectivity index (χ0) is 30.1. The van der Waals surface area contributed by atoms with Crippen LogP contribution < -0.4 is 10.8 Å². The number of rotatable bonds is 12. The molecule has 0 bridgehead atoms. The van der Waals surface area contributed by atoms with E-state index in [2.05, 4.69) is 39.2 Å². The second-order valence-corrected chi connectivity index (χ2v) is 11.0. The molecule has 0 unspecified atom stereocenters. The van der Waals surface area contributed by atoms with E-state index in [1.54, 1.807) is 23.9 Å². The molecule has 0 spiro atoms. The van der Waals surface area contributed by atoms with E-state index in [0.717, 1.165) is 57.7 Å². The van der Waals surface area contributed by atoms with Crippen LogP contribution in [0, 0.1) is 5.82 Å². The highest BCUT2D eigenvalue weighted by molar-refractivity contribution is 5.91. The summed E-state index contributed by atoms with van der Waals surface area (Å²) < 4.78 is 21.9. The van der Waals surface area contributed by atoms with Gasteiger partial charge in [-0.1, -0.05) is 74.7 Å². The highest BCUT2D eigenvalue weighted by Crippen LogP contribution is 2.41. The monoisotopic (exact) mass is 583 g/mol. The Labute approximate surface area is 251 Å². The first-order valence-electron chi connectivity index (χ1n) is 14.9. The van der Waals surface area contributed by atoms with Crippen LogP contribution >= 0.6 is 0 Å². The number of aromatic nitrogens is 2. The zero-order valence-electron chi connectivity index (χ0n) is 24.4. The van der Waals surface area contributed by atoms with Crippen molar-refractivity contribution in [3.63, 3.8) is 0 Å². The van der Waals surface area contributed by atoms with Gasteiger partial charge in [0.25, 0.3) is 5.91 Å². The van der Waals surface area contributed by atoms with Gasteiger partial charge in [-0.05, 0) is 43.5 Å². The number of benzene rings is 2. The van der Waals surface area contributed by atoms with Crippen molar-refractivity contribution in [2.75, 3.05) is 11.9 Å². The molecule has 3 N–H and O–H groups in total. The highest BCUT2D eigenvalue weighted by atomic mass is 19.1. The minimum atomic E-state index is -0.665. The van der Waals surface area contributed by atoms with Gasteiger partial charge in [0.2, 0.25) is 5.95 Å². The number of amides is 1. The van der Waals surface area contributed by atoms with Gasteiger partial charge in [0, 0.05) is 53.8 Å². The van der Waals surface area contributed by atoms with E-state index in [4.69, 9.17) is 9.62 Å². The number of furan rings is 1. The van der Waals surface area contributed by atoms with Gasteiger partial charge in [0.15, 0.2) is 0 Å². The third kappa shape index (κ3) is 7.36. The van der Waals surface area contributed by atoms with Crippen LogP contribution in [-0.4, -0.2) is 32.5 Å². The lowest BCUT2D eigenvalue weighted by Crippen LogP contribution is -2.39. The Hall–Kier alpha value is -4.34. The van der Waals surface area contributed by atoms with Gasteiger partial charge in [-0.3, -0.25) is 14.9 Å². The number of carbonyl (C=O) groups is 1. The maximum absolute atomic E-state index is 16.4. The average Bonchev–Trinajstić information content (AvgIpc) is 3.51. The molecule has 0 aliphatic heterocycles. The molecular formula is C34H38FN5O3. The van der Waals surface area contributed by atoms with Gasteiger partial charge in [0.1, 0.15) is 11.6 Å². The molecule has 1 aliphatic rings. The van der Waals surface area contributed by atoms with Crippen molar-refractivity contribution in [2.45, 2.75) is 64.1 Å². The van der Waals surface area contributed by atoms with Crippen molar-refractivity contribution in [1.29, 1.82) is 0 Å². The lowest BCUT2D eigenvalue weighted by atomic mass is 9.76. The molecule has 224 valence electrons. The molecule has 1 aliphatic carbocycles. The number of halogens is 1. The largest absolute Gasteiger partial charge is 0.464 e. The summed E-state index contributed by atoms with van der Waals surface area (Å²) in [4.78, 5) is 22.9. The standard InChI is InChI=1S/C34H38FN5O3/c1-2-19-40(23-25-10-5-3-6-11-25)24-26-12-9-13-29(32(26)35)34(17-7-4-8-18-34)38-33-36-21-27(22-37-33)28-16-20-43-30(28)14-15-31(41)39-42/h3,5-6,9-16,20-22,42H,2,4,7-8,17-19,23-24H2,1H3,(H,39,41)(H,36,37,38). The number of carbonyl (C=O) groups excluding carboxylic acids is 1. The van der Waals surface area contributed by atoms with Crippen molar-refractivity contribution in [2.24, 2.45) is 0 Å². The number of nitrogens with zero attached hydrogens (tertiary/aromatic N) is 3. The molecule has 2 aromatic carbocycles. The Kier molecular flexibility index (Phi) is 9.96. The SMILES string of the molecule is CCCN(Cc1ccccc1)Cc1cccc(C2(Nc3ncc(-c4ccoc4C=CC(=O)NO)cn3)CCCCC2)c1F. The van der Waals surface area contributed by atoms with Crippen molar-refractivity contribution in [1.82, 2.24) is 20.3 Å². The first-order chi connectivity index (χ1) is 21.0. The Balaban J connectivity index is 1.38. The summed E-state index contributed by atoms with van der Waals surface area (Å²) in [5, 5.41) is 12.3. The topological polar surface area (TPSA) is 104 Å². The Morgan fingerprint density at radius 2 is 1.81 bits per heavy atom. The van der Waals surface area contributed by atoms with Gasteiger partial charge in [0.05, 0.1) is 11.8 Å². The van der Waals surface area contributed by atoms with E-state index in [0.29, 0.717) is 40.5 Å². The Bertz CT molecular complexity index is 1510. The molecule has 1 saturated carbocycles. The molecular weight excluding hydrogens is 545 g/mol. The minimum absolute atomic E-state index is 0.163. The van der Waals surface area contributed by atoms with E-state index in [1.165, 1.54) is 17.9 Å². The van der Waals surface area contributed by atoms with E-state index < -0.39 is 11.4 Å². The Morgan fingerprint density at radius 3 is 2.53 bits per heavy atom. The summed E-state index contributed by atoms with van der Waals surface area (Å²) in [7, 11) is 0. The van der Waals surface area contributed by atoms with E-state index in [-0.39, 0.29) is 5.82 Å². The number of hydroxylamine groups is 1. The maximum atomic E-state index is 16.4. The fourth-order valence-electron chi connectivity index (χ4n) is 5.92. The molecule has 2 aromatic heterocycles. The summed E-state index contributed by atoms with van der Waals surface area (Å²) in [6, 6.07) is 17.8. The third-order valence-electron chi connectivity index (χ3n) is 7.99. The lowest BCUT2D eigenvalue weighted by molar-refractivity contribution is -0.124. The first-order valence-corrected chi connectivity index (χ1v) is 14.9. The van der Waals surface area contributed by atoms with E-state index in [9.17, 15) is 4.79 Å². The summed E-state index contributed by atoms with van der Waals surface area (Å²) in [6.07, 6.45) is 13.1. The fraction of sp³-hybridized carbons (Fsp3) is 0.324. The van der Waals surface area contributed by atoms with E-state index >= 15 is 4.39 Å². The van der Waals surface area contributed by atoms with Crippen LogP contribution in [0.15, 0.2) is 83.7 Å². The van der Waals surface area contributed by atoms with Crippen molar-refractivity contribution < 1.29 is 18.8 Å². The molecule has 5 rings (SSSR count). The molecule has 0 atom stereocenters. The van der Waals surface area contributed by atoms with Crippen LogP contribution in [0.3, 0.4) is 0 Å². The number of hydrogen-bond acceptors (Lipinski definition) is 7. The van der Waals surface area contributed by atoms with Crippen molar-refractivity contribution in [3.8, 4) is 11.1 Å². The Morgan fingerprint density at radius 1 is 1.05 bits per heavy atom. The minimum Gasteiger partial charge on any atom is -0.464 e. The molecule has 9 heteroatoms. The molecule has 2 heterocycles. The molecule has 8 nitrogen and oxygen atoms in total. The molecule has 43 heavy (non-hydrogen) atoms. The first kappa shape index (κ1) is 30.1. The lowest BCUT2D eigenvalue weighted by Gasteiger charge is -2.39. The molecule has 0 saturated heterocycles. The van der Waals surface area contributed by atoms with Gasteiger partial charge < -0.3 is 9.73 Å². The molecule has 1 fully saturated rings.